The normalized spacial score (nSPS) is 14.6. The summed E-state index contributed by atoms with van der Waals surface area (Å²) in [4.78, 5) is 0. The summed E-state index contributed by atoms with van der Waals surface area (Å²) in [5, 5.41) is 3.87. The van der Waals surface area contributed by atoms with Gasteiger partial charge in [-0.25, -0.2) is 4.39 Å². The van der Waals surface area contributed by atoms with E-state index in [0.717, 1.165) is 31.4 Å². The SMILES string of the molecule is CCCC(C)(CNC)Cc1cc(F)ccc1Cl. The Kier molecular flexibility index (Phi) is 5.41. The fraction of sp³-hybridized carbons (Fsp3) is 0.571. The summed E-state index contributed by atoms with van der Waals surface area (Å²) >= 11 is 6.12. The first-order valence-corrected chi connectivity index (χ1v) is 6.47. The first-order valence-electron chi connectivity index (χ1n) is 6.09. The van der Waals surface area contributed by atoms with E-state index < -0.39 is 0 Å². The molecule has 0 radical (unpaired) electrons. The monoisotopic (exact) mass is 257 g/mol. The summed E-state index contributed by atoms with van der Waals surface area (Å²) in [6.07, 6.45) is 3.02. The fourth-order valence-corrected chi connectivity index (χ4v) is 2.59. The van der Waals surface area contributed by atoms with Crippen molar-refractivity contribution in [2.75, 3.05) is 13.6 Å². The molecule has 0 aromatic heterocycles. The second-order valence-corrected chi connectivity index (χ2v) is 5.41. The topological polar surface area (TPSA) is 12.0 Å². The second kappa shape index (κ2) is 6.36. The molecule has 1 nitrogen and oxygen atoms in total. The van der Waals surface area contributed by atoms with Crippen LogP contribution in [0.3, 0.4) is 0 Å². The lowest BCUT2D eigenvalue weighted by Gasteiger charge is -2.29. The Hall–Kier alpha value is -0.600. The van der Waals surface area contributed by atoms with Gasteiger partial charge >= 0.3 is 0 Å². The largest absolute Gasteiger partial charge is 0.319 e. The van der Waals surface area contributed by atoms with Crippen molar-refractivity contribution in [2.45, 2.75) is 33.1 Å². The average molecular weight is 258 g/mol. The van der Waals surface area contributed by atoms with Crippen molar-refractivity contribution < 1.29 is 4.39 Å². The van der Waals surface area contributed by atoms with E-state index >= 15 is 0 Å². The molecule has 1 aromatic carbocycles. The van der Waals surface area contributed by atoms with E-state index in [2.05, 4.69) is 19.2 Å². The summed E-state index contributed by atoms with van der Waals surface area (Å²) in [5.41, 5.74) is 1.03. The van der Waals surface area contributed by atoms with Crippen LogP contribution >= 0.6 is 11.6 Å². The smallest absolute Gasteiger partial charge is 0.123 e. The van der Waals surface area contributed by atoms with Crippen LogP contribution in [-0.2, 0) is 6.42 Å². The highest BCUT2D eigenvalue weighted by molar-refractivity contribution is 6.31. The van der Waals surface area contributed by atoms with Gasteiger partial charge in [-0.3, -0.25) is 0 Å². The lowest BCUT2D eigenvalue weighted by molar-refractivity contribution is 0.282. The van der Waals surface area contributed by atoms with Crippen LogP contribution in [0.25, 0.3) is 0 Å². The van der Waals surface area contributed by atoms with Crippen molar-refractivity contribution in [1.29, 1.82) is 0 Å². The van der Waals surface area contributed by atoms with Crippen molar-refractivity contribution in [3.8, 4) is 0 Å². The molecule has 0 saturated heterocycles. The van der Waals surface area contributed by atoms with Gasteiger partial charge in [0.15, 0.2) is 0 Å². The summed E-state index contributed by atoms with van der Waals surface area (Å²) in [6.45, 7) is 5.29. The molecule has 1 N–H and O–H groups in total. The van der Waals surface area contributed by atoms with Crippen LogP contribution in [0.2, 0.25) is 5.02 Å². The Morgan fingerprint density at radius 2 is 2.12 bits per heavy atom. The van der Waals surface area contributed by atoms with Gasteiger partial charge in [-0.05, 0) is 49.1 Å². The van der Waals surface area contributed by atoms with Crippen molar-refractivity contribution in [2.24, 2.45) is 5.41 Å². The molecular formula is C14H21ClFN. The third kappa shape index (κ3) is 4.29. The molecule has 1 rings (SSSR count). The van der Waals surface area contributed by atoms with Gasteiger partial charge in [0, 0.05) is 11.6 Å². The predicted molar refractivity (Wildman–Crippen MR) is 72.1 cm³/mol. The van der Waals surface area contributed by atoms with Gasteiger partial charge in [0.25, 0.3) is 0 Å². The van der Waals surface area contributed by atoms with Crippen LogP contribution in [0, 0.1) is 11.2 Å². The summed E-state index contributed by atoms with van der Waals surface area (Å²) in [5.74, 6) is -0.215. The van der Waals surface area contributed by atoms with Crippen molar-refractivity contribution in [3.05, 3.63) is 34.6 Å². The highest BCUT2D eigenvalue weighted by Crippen LogP contribution is 2.30. The fourth-order valence-electron chi connectivity index (χ4n) is 2.41. The van der Waals surface area contributed by atoms with Crippen molar-refractivity contribution in [1.82, 2.24) is 5.32 Å². The molecule has 0 saturated carbocycles. The van der Waals surface area contributed by atoms with Gasteiger partial charge in [0.2, 0.25) is 0 Å². The maximum absolute atomic E-state index is 13.2. The predicted octanol–water partition coefficient (Wildman–Crippen LogP) is 4.05. The molecule has 17 heavy (non-hydrogen) atoms. The standard InChI is InChI=1S/C14H21ClFN/c1-4-7-14(2,10-17-3)9-11-8-12(16)5-6-13(11)15/h5-6,8,17H,4,7,9-10H2,1-3H3. The molecular weight excluding hydrogens is 237 g/mol. The Morgan fingerprint density at radius 3 is 2.71 bits per heavy atom. The van der Waals surface area contributed by atoms with Gasteiger partial charge in [0.1, 0.15) is 5.82 Å². The third-order valence-electron chi connectivity index (χ3n) is 3.08. The molecule has 0 aliphatic carbocycles. The van der Waals surface area contributed by atoms with E-state index in [1.165, 1.54) is 6.07 Å². The minimum atomic E-state index is -0.215. The summed E-state index contributed by atoms with van der Waals surface area (Å²) < 4.78 is 13.2. The summed E-state index contributed by atoms with van der Waals surface area (Å²) in [6, 6.07) is 4.59. The molecule has 0 fully saturated rings. The number of hydrogen-bond donors (Lipinski definition) is 1. The number of rotatable bonds is 6. The maximum atomic E-state index is 13.2. The quantitative estimate of drug-likeness (QED) is 0.811. The van der Waals surface area contributed by atoms with E-state index in [0.29, 0.717) is 5.02 Å². The molecule has 0 amide bonds. The first kappa shape index (κ1) is 14.5. The zero-order valence-corrected chi connectivity index (χ0v) is 11.6. The Morgan fingerprint density at radius 1 is 1.41 bits per heavy atom. The van der Waals surface area contributed by atoms with Gasteiger partial charge in [-0.2, -0.15) is 0 Å². The highest BCUT2D eigenvalue weighted by Gasteiger charge is 2.24. The Labute approximate surface area is 108 Å². The molecule has 1 unspecified atom stereocenters. The lowest BCUT2D eigenvalue weighted by atomic mass is 9.79. The van der Waals surface area contributed by atoms with Crippen molar-refractivity contribution >= 4 is 11.6 Å². The van der Waals surface area contributed by atoms with E-state index in [-0.39, 0.29) is 11.2 Å². The van der Waals surface area contributed by atoms with Crippen LogP contribution in [-0.4, -0.2) is 13.6 Å². The van der Waals surface area contributed by atoms with Gasteiger partial charge in [-0.1, -0.05) is 31.9 Å². The Bertz CT molecular complexity index is 359. The van der Waals surface area contributed by atoms with E-state index in [4.69, 9.17) is 11.6 Å². The van der Waals surface area contributed by atoms with Gasteiger partial charge in [-0.15, -0.1) is 0 Å². The molecule has 1 atom stereocenters. The van der Waals surface area contributed by atoms with E-state index in [1.807, 2.05) is 7.05 Å². The molecule has 0 bridgehead atoms. The maximum Gasteiger partial charge on any atom is 0.123 e. The average Bonchev–Trinajstić information content (AvgIpc) is 2.24. The molecule has 0 spiro atoms. The molecule has 3 heteroatoms. The number of nitrogens with one attached hydrogen (secondary N) is 1. The molecule has 1 aromatic rings. The van der Waals surface area contributed by atoms with Crippen LogP contribution < -0.4 is 5.32 Å². The van der Waals surface area contributed by atoms with Crippen LogP contribution in [0.1, 0.15) is 32.3 Å². The summed E-state index contributed by atoms with van der Waals surface area (Å²) in [7, 11) is 1.95. The zero-order chi connectivity index (χ0) is 12.9. The Balaban J connectivity index is 2.88. The molecule has 0 aliphatic heterocycles. The lowest BCUT2D eigenvalue weighted by Crippen LogP contribution is -2.31. The van der Waals surface area contributed by atoms with Crippen LogP contribution in [0.5, 0.6) is 0 Å². The van der Waals surface area contributed by atoms with Crippen LogP contribution in [0.15, 0.2) is 18.2 Å². The molecule has 0 heterocycles. The van der Waals surface area contributed by atoms with E-state index in [1.54, 1.807) is 12.1 Å². The molecule has 96 valence electrons. The number of benzene rings is 1. The van der Waals surface area contributed by atoms with E-state index in [9.17, 15) is 4.39 Å². The first-order chi connectivity index (χ1) is 8.00. The van der Waals surface area contributed by atoms with Gasteiger partial charge < -0.3 is 5.32 Å². The minimum Gasteiger partial charge on any atom is -0.319 e. The van der Waals surface area contributed by atoms with Crippen molar-refractivity contribution in [3.63, 3.8) is 0 Å². The van der Waals surface area contributed by atoms with Crippen LogP contribution in [0.4, 0.5) is 4.39 Å². The number of halogens is 2. The molecule has 0 aliphatic rings. The van der Waals surface area contributed by atoms with Gasteiger partial charge in [0.05, 0.1) is 0 Å². The third-order valence-corrected chi connectivity index (χ3v) is 3.45. The highest BCUT2D eigenvalue weighted by atomic mass is 35.5. The second-order valence-electron chi connectivity index (χ2n) is 5.00. The minimum absolute atomic E-state index is 0.126. The zero-order valence-electron chi connectivity index (χ0n) is 10.8. The number of hydrogen-bond acceptors (Lipinski definition) is 1.